The minimum absolute atomic E-state index is 0.0623. The van der Waals surface area contributed by atoms with Gasteiger partial charge >= 0.3 is 0 Å². The second-order valence-corrected chi connectivity index (χ2v) is 11.9. The van der Waals surface area contributed by atoms with Gasteiger partial charge in [0.2, 0.25) is 11.9 Å². The number of nitrogens with one attached hydrogen (secondary N) is 1. The molecular formula is C35H37FN8O2. The Morgan fingerprint density at radius 2 is 1.76 bits per heavy atom. The monoisotopic (exact) mass is 620 g/mol. The molecule has 0 spiro atoms. The quantitative estimate of drug-likeness (QED) is 0.232. The lowest BCUT2D eigenvalue weighted by Gasteiger charge is -2.36. The topological polar surface area (TPSA) is 130 Å². The Bertz CT molecular complexity index is 1680. The number of aryl methyl sites for hydroxylation is 2. The first-order chi connectivity index (χ1) is 22.5. The van der Waals surface area contributed by atoms with E-state index in [1.54, 1.807) is 47.9 Å². The van der Waals surface area contributed by atoms with Crippen molar-refractivity contribution in [2.24, 2.45) is 5.92 Å². The van der Waals surface area contributed by atoms with Gasteiger partial charge in [-0.1, -0.05) is 25.1 Å². The van der Waals surface area contributed by atoms with Crippen LogP contribution in [0, 0.1) is 23.1 Å². The summed E-state index contributed by atoms with van der Waals surface area (Å²) in [5.41, 5.74) is 3.49. The van der Waals surface area contributed by atoms with E-state index < -0.39 is 0 Å². The van der Waals surface area contributed by atoms with Gasteiger partial charge in [-0.25, -0.2) is 29.3 Å². The van der Waals surface area contributed by atoms with Crippen LogP contribution in [-0.4, -0.2) is 56.1 Å². The molecule has 0 unspecified atom stereocenters. The van der Waals surface area contributed by atoms with Gasteiger partial charge in [0.15, 0.2) is 0 Å². The number of hydrogen-bond donors (Lipinski definition) is 1. The minimum Gasteiger partial charge on any atom is -0.381 e. The SMILES string of the molecule is CCc1ncc(-c2ccc(N(C(=O)CCc3ccccc3F)C3CCC(Nc4ncc(C#N)c(CC5COC5)n4)CC3)nc2)cn1. The van der Waals surface area contributed by atoms with Crippen molar-refractivity contribution in [1.82, 2.24) is 24.9 Å². The van der Waals surface area contributed by atoms with Crippen LogP contribution in [-0.2, 0) is 28.8 Å². The Kier molecular flexibility index (Phi) is 9.84. The molecule has 1 saturated carbocycles. The number of halogens is 1. The molecule has 0 radical (unpaired) electrons. The number of carbonyl (C=O) groups excluding carboxylic acids is 1. The van der Waals surface area contributed by atoms with E-state index >= 15 is 0 Å². The highest BCUT2D eigenvalue weighted by molar-refractivity contribution is 5.93. The Balaban J connectivity index is 1.15. The third-order valence-corrected chi connectivity index (χ3v) is 8.76. The van der Waals surface area contributed by atoms with E-state index in [2.05, 4.69) is 31.3 Å². The summed E-state index contributed by atoms with van der Waals surface area (Å²) in [6, 6.07) is 12.7. The molecule has 6 rings (SSSR count). The smallest absolute Gasteiger partial charge is 0.228 e. The van der Waals surface area contributed by atoms with E-state index in [-0.39, 0.29) is 30.2 Å². The van der Waals surface area contributed by atoms with Gasteiger partial charge in [-0.05, 0) is 62.3 Å². The van der Waals surface area contributed by atoms with Crippen LogP contribution in [0.5, 0.6) is 0 Å². The number of anilines is 2. The second kappa shape index (κ2) is 14.5. The van der Waals surface area contributed by atoms with Crippen LogP contribution in [0.25, 0.3) is 11.1 Å². The summed E-state index contributed by atoms with van der Waals surface area (Å²) in [7, 11) is 0. The molecule has 0 bridgehead atoms. The highest BCUT2D eigenvalue weighted by atomic mass is 19.1. The molecule has 2 fully saturated rings. The van der Waals surface area contributed by atoms with E-state index in [1.807, 2.05) is 19.1 Å². The molecule has 2 aliphatic rings. The molecule has 1 amide bonds. The summed E-state index contributed by atoms with van der Waals surface area (Å²) in [4.78, 5) is 38.2. The van der Waals surface area contributed by atoms with Crippen LogP contribution in [0.2, 0.25) is 0 Å². The van der Waals surface area contributed by atoms with Crippen molar-refractivity contribution in [3.63, 3.8) is 0 Å². The highest BCUT2D eigenvalue weighted by Gasteiger charge is 2.31. The zero-order valence-corrected chi connectivity index (χ0v) is 25.9. The number of carbonyl (C=O) groups is 1. The van der Waals surface area contributed by atoms with E-state index in [1.165, 1.54) is 6.07 Å². The number of benzene rings is 1. The summed E-state index contributed by atoms with van der Waals surface area (Å²) in [5, 5.41) is 13.0. The first kappa shape index (κ1) is 31.2. The van der Waals surface area contributed by atoms with Crippen molar-refractivity contribution in [2.75, 3.05) is 23.4 Å². The molecule has 236 valence electrons. The van der Waals surface area contributed by atoms with Gasteiger partial charge in [0.05, 0.1) is 30.7 Å². The molecular weight excluding hydrogens is 583 g/mol. The first-order valence-electron chi connectivity index (χ1n) is 15.9. The van der Waals surface area contributed by atoms with Crippen molar-refractivity contribution in [2.45, 2.75) is 70.4 Å². The van der Waals surface area contributed by atoms with E-state index in [0.29, 0.717) is 54.9 Å². The van der Waals surface area contributed by atoms with Crippen LogP contribution in [0.1, 0.15) is 61.7 Å². The van der Waals surface area contributed by atoms with Gasteiger partial charge in [0, 0.05) is 60.6 Å². The van der Waals surface area contributed by atoms with Gasteiger partial charge in [-0.2, -0.15) is 5.26 Å². The molecule has 46 heavy (non-hydrogen) atoms. The van der Waals surface area contributed by atoms with Crippen LogP contribution in [0.3, 0.4) is 0 Å². The van der Waals surface area contributed by atoms with Gasteiger partial charge in [-0.3, -0.25) is 9.69 Å². The van der Waals surface area contributed by atoms with Gasteiger partial charge in [-0.15, -0.1) is 0 Å². The number of ether oxygens (including phenoxy) is 1. The fourth-order valence-corrected chi connectivity index (χ4v) is 6.04. The number of hydrogen-bond acceptors (Lipinski definition) is 9. The molecule has 1 aliphatic carbocycles. The van der Waals surface area contributed by atoms with E-state index in [4.69, 9.17) is 9.72 Å². The molecule has 3 aromatic heterocycles. The van der Waals surface area contributed by atoms with Crippen molar-refractivity contribution >= 4 is 17.7 Å². The molecule has 1 N–H and O–H groups in total. The fraction of sp³-hybridized carbons (Fsp3) is 0.400. The Morgan fingerprint density at radius 1 is 1.00 bits per heavy atom. The zero-order chi connectivity index (χ0) is 31.9. The molecule has 4 heterocycles. The standard InChI is InChI=1S/C35H37FN8O2/c1-2-32-38-19-27(20-39-32)25-7-13-33(40-17-25)44(34(45)14-8-24-5-3-4-6-30(24)36)29-11-9-28(10-12-29)42-35-41-18-26(16-37)31(43-35)15-23-21-46-22-23/h3-7,13,17-20,23,28-29H,2,8-12,14-15,21-22H2,1H3,(H,41,42,43). The average Bonchev–Trinajstić information content (AvgIpc) is 3.07. The predicted octanol–water partition coefficient (Wildman–Crippen LogP) is 5.48. The molecule has 1 aromatic carbocycles. The Hall–Kier alpha value is -4.82. The van der Waals surface area contributed by atoms with Gasteiger partial charge in [0.25, 0.3) is 0 Å². The van der Waals surface area contributed by atoms with Crippen molar-refractivity contribution in [1.29, 1.82) is 5.26 Å². The molecule has 1 aliphatic heterocycles. The number of pyridine rings is 1. The normalized spacial score (nSPS) is 17.9. The number of nitrogens with zero attached hydrogens (tertiary/aromatic N) is 7. The second-order valence-electron chi connectivity index (χ2n) is 11.9. The maximum Gasteiger partial charge on any atom is 0.228 e. The third kappa shape index (κ3) is 7.35. The molecule has 4 aromatic rings. The largest absolute Gasteiger partial charge is 0.381 e. The summed E-state index contributed by atoms with van der Waals surface area (Å²) in [6.07, 6.45) is 12.0. The third-order valence-electron chi connectivity index (χ3n) is 8.76. The fourth-order valence-electron chi connectivity index (χ4n) is 6.04. The number of aromatic nitrogens is 5. The lowest BCUT2D eigenvalue weighted by atomic mass is 9.89. The number of nitriles is 1. The minimum atomic E-state index is -0.304. The van der Waals surface area contributed by atoms with Crippen molar-refractivity contribution in [3.05, 3.63) is 89.6 Å². The zero-order valence-electron chi connectivity index (χ0n) is 25.9. The van der Waals surface area contributed by atoms with E-state index in [0.717, 1.165) is 54.7 Å². The Labute approximate surface area is 268 Å². The molecule has 1 saturated heterocycles. The van der Waals surface area contributed by atoms with Crippen molar-refractivity contribution < 1.29 is 13.9 Å². The summed E-state index contributed by atoms with van der Waals surface area (Å²) in [5.74, 6) is 1.86. The highest BCUT2D eigenvalue weighted by Crippen LogP contribution is 2.30. The van der Waals surface area contributed by atoms with Crippen LogP contribution in [0.15, 0.2) is 61.2 Å². The maximum atomic E-state index is 14.4. The van der Waals surface area contributed by atoms with Crippen LogP contribution >= 0.6 is 0 Å². The maximum absolute atomic E-state index is 14.4. The van der Waals surface area contributed by atoms with Gasteiger partial charge < -0.3 is 10.1 Å². The van der Waals surface area contributed by atoms with Crippen LogP contribution in [0.4, 0.5) is 16.2 Å². The Morgan fingerprint density at radius 3 is 2.41 bits per heavy atom. The first-order valence-corrected chi connectivity index (χ1v) is 15.9. The number of amides is 1. The molecule has 0 atom stereocenters. The van der Waals surface area contributed by atoms with Gasteiger partial charge in [0.1, 0.15) is 23.5 Å². The van der Waals surface area contributed by atoms with E-state index in [9.17, 15) is 14.4 Å². The summed E-state index contributed by atoms with van der Waals surface area (Å²) < 4.78 is 19.6. The average molecular weight is 621 g/mol. The lowest BCUT2D eigenvalue weighted by molar-refractivity contribution is -0.119. The van der Waals surface area contributed by atoms with Crippen molar-refractivity contribution in [3.8, 4) is 17.2 Å². The number of rotatable bonds is 11. The molecule has 11 heteroatoms. The summed E-state index contributed by atoms with van der Waals surface area (Å²) >= 11 is 0. The predicted molar refractivity (Wildman–Crippen MR) is 171 cm³/mol. The summed E-state index contributed by atoms with van der Waals surface area (Å²) in [6.45, 7) is 3.39. The molecule has 10 nitrogen and oxygen atoms in total. The van der Waals surface area contributed by atoms with Crippen LogP contribution < -0.4 is 10.2 Å². The lowest BCUT2D eigenvalue weighted by Crippen LogP contribution is -2.45.